The number of hydrogen-bond donors (Lipinski definition) is 6. The van der Waals surface area contributed by atoms with E-state index in [2.05, 4.69) is 31.2 Å². The molecule has 18 heteroatoms. The fourth-order valence-electron chi connectivity index (χ4n) is 10.7. The molecule has 2 aromatic heterocycles. The van der Waals surface area contributed by atoms with Crippen LogP contribution < -0.4 is 26.0 Å². The Labute approximate surface area is 459 Å². The summed E-state index contributed by atoms with van der Waals surface area (Å²) in [5.74, 6) is -0.939. The van der Waals surface area contributed by atoms with E-state index >= 15 is 0 Å². The number of benzene rings is 3. The van der Waals surface area contributed by atoms with Crippen molar-refractivity contribution in [3.63, 3.8) is 0 Å². The maximum atomic E-state index is 14.5. The minimum atomic E-state index is -0.995. The minimum absolute atomic E-state index is 0.0383. The number of aliphatic hydroxyl groups excluding tert-OH is 1. The molecule has 0 bridgehead atoms. The number of hydrogen-bond acceptors (Lipinski definition) is 12. The zero-order valence-corrected chi connectivity index (χ0v) is 46.7. The number of aromatic nitrogens is 2. The second kappa shape index (κ2) is 24.2. The van der Waals surface area contributed by atoms with E-state index in [9.17, 15) is 29.7 Å². The summed E-state index contributed by atoms with van der Waals surface area (Å²) in [6.45, 7) is 14.0. The number of amides is 4. The van der Waals surface area contributed by atoms with Gasteiger partial charge in [0.2, 0.25) is 17.7 Å². The predicted molar refractivity (Wildman–Crippen MR) is 298 cm³/mol. The fourth-order valence-corrected chi connectivity index (χ4v) is 12.2. The third-order valence-corrected chi connectivity index (χ3v) is 16.6. The number of nitrogens with zero attached hydrogens (tertiary/aromatic N) is 3. The number of aryl methyl sites for hydroxylation is 2. The molecule has 4 amide bonds. The first-order valence-electron chi connectivity index (χ1n) is 26.2. The van der Waals surface area contributed by atoms with Gasteiger partial charge in [-0.25, -0.2) is 4.98 Å². The summed E-state index contributed by atoms with van der Waals surface area (Å²) in [4.78, 5) is 67.6. The number of β-amino-alcohol motifs (C(OH)–C–C–N with tert-alkyl or cyclic N) is 1. The number of nitrogens with one attached hydrogen (secondary N) is 5. The molecule has 4 heterocycles. The van der Waals surface area contributed by atoms with Crippen LogP contribution in [0.15, 0.2) is 78.6 Å². The van der Waals surface area contributed by atoms with Gasteiger partial charge >= 0.3 is 0 Å². The second-order valence-electron chi connectivity index (χ2n) is 21.8. The van der Waals surface area contributed by atoms with E-state index in [0.717, 1.165) is 53.8 Å². The monoisotopic (exact) mass is 1090 g/mol. The molecule has 3 aromatic carbocycles. The molecule has 2 saturated heterocycles. The lowest BCUT2D eigenvalue weighted by atomic mass is 9.81. The van der Waals surface area contributed by atoms with Gasteiger partial charge in [-0.05, 0) is 118 Å². The lowest BCUT2D eigenvalue weighted by Crippen LogP contribution is -2.58. The van der Waals surface area contributed by atoms with Crippen LogP contribution in [0.25, 0.3) is 10.4 Å². The molecule has 3 aliphatic rings. The number of ether oxygens (including phenoxy) is 2. The SMILES string of the molecule is Cc1cc(C(=N)c2cc(O[C@H](C)c3c(Cl)cncc3Cl)ccc2NC2CCCCO2)ccc1C(=O)NCC1(CC(=O)N[C@H](C(=O)N2C[C@H](O)C[C@H]2C(=O)N[C@@H](C)c2ccc(-c3scnc3C)cc2)C(C)(C)C)CCCC1. The first kappa shape index (κ1) is 56.3. The molecule has 8 rings (SSSR count). The highest BCUT2D eigenvalue weighted by molar-refractivity contribution is 7.13. The van der Waals surface area contributed by atoms with Crippen molar-refractivity contribution in [1.29, 1.82) is 5.41 Å². The average Bonchev–Trinajstić information content (AvgIpc) is 4.15. The Hall–Kier alpha value is -5.91. The topological polar surface area (TPSA) is 208 Å². The summed E-state index contributed by atoms with van der Waals surface area (Å²) in [6.07, 6.45) is 7.58. The van der Waals surface area contributed by atoms with Crippen molar-refractivity contribution in [2.24, 2.45) is 10.8 Å². The maximum Gasteiger partial charge on any atom is 0.251 e. The van der Waals surface area contributed by atoms with Crippen molar-refractivity contribution in [1.82, 2.24) is 30.8 Å². The number of carbonyl (C=O) groups excluding carboxylic acids is 4. The summed E-state index contributed by atoms with van der Waals surface area (Å²) >= 11 is 14.5. The third-order valence-electron chi connectivity index (χ3n) is 15.0. The number of likely N-dealkylation sites (tertiary alicyclic amines) is 1. The van der Waals surface area contributed by atoms with E-state index in [0.29, 0.717) is 68.7 Å². The summed E-state index contributed by atoms with van der Waals surface area (Å²) in [5, 5.41) is 33.8. The molecule has 1 aliphatic carbocycles. The Morgan fingerprint density at radius 3 is 2.32 bits per heavy atom. The van der Waals surface area contributed by atoms with Gasteiger partial charge in [-0.2, -0.15) is 0 Å². The third kappa shape index (κ3) is 13.2. The molecule has 15 nitrogen and oxygen atoms in total. The molecule has 6 N–H and O–H groups in total. The number of rotatable bonds is 18. The Kier molecular flexibility index (Phi) is 17.9. The van der Waals surface area contributed by atoms with Crippen LogP contribution in [0.5, 0.6) is 5.75 Å². The van der Waals surface area contributed by atoms with Gasteiger partial charge < -0.3 is 40.7 Å². The smallest absolute Gasteiger partial charge is 0.251 e. The molecule has 2 aliphatic heterocycles. The summed E-state index contributed by atoms with van der Waals surface area (Å²) in [5.41, 5.74) is 7.20. The summed E-state index contributed by atoms with van der Waals surface area (Å²) in [7, 11) is 0. The molecule has 404 valence electrons. The Balaban J connectivity index is 0.914. The average molecular weight is 1090 g/mol. The van der Waals surface area contributed by atoms with Gasteiger partial charge in [0, 0.05) is 72.9 Å². The number of pyridine rings is 1. The Morgan fingerprint density at radius 2 is 1.67 bits per heavy atom. The first-order chi connectivity index (χ1) is 36.2. The molecular weight excluding hydrogens is 1020 g/mol. The Bertz CT molecular complexity index is 2910. The van der Waals surface area contributed by atoms with E-state index in [1.807, 2.05) is 96.4 Å². The lowest BCUT2D eigenvalue weighted by molar-refractivity contribution is -0.144. The van der Waals surface area contributed by atoms with Crippen LogP contribution in [0.3, 0.4) is 0 Å². The van der Waals surface area contributed by atoms with Gasteiger partial charge in [-0.3, -0.25) is 29.6 Å². The highest BCUT2D eigenvalue weighted by Gasteiger charge is 2.46. The van der Waals surface area contributed by atoms with Gasteiger partial charge in [0.25, 0.3) is 5.91 Å². The number of anilines is 1. The van der Waals surface area contributed by atoms with E-state index < -0.39 is 41.0 Å². The van der Waals surface area contributed by atoms with Crippen LogP contribution in [0.2, 0.25) is 10.0 Å². The molecule has 1 unspecified atom stereocenters. The minimum Gasteiger partial charge on any atom is -0.486 e. The van der Waals surface area contributed by atoms with Crippen LogP contribution in [0, 0.1) is 30.1 Å². The Morgan fingerprint density at radius 1 is 0.947 bits per heavy atom. The van der Waals surface area contributed by atoms with E-state index in [4.69, 9.17) is 32.7 Å². The second-order valence-corrected chi connectivity index (χ2v) is 23.5. The predicted octanol–water partition coefficient (Wildman–Crippen LogP) is 10.7. The maximum absolute atomic E-state index is 14.5. The molecule has 1 saturated carbocycles. The zero-order chi connectivity index (χ0) is 54.5. The first-order valence-corrected chi connectivity index (χ1v) is 27.9. The van der Waals surface area contributed by atoms with Crippen molar-refractivity contribution in [3.8, 4) is 16.2 Å². The van der Waals surface area contributed by atoms with Crippen LogP contribution in [-0.2, 0) is 19.1 Å². The van der Waals surface area contributed by atoms with Crippen LogP contribution in [0.4, 0.5) is 5.69 Å². The highest BCUT2D eigenvalue weighted by atomic mass is 35.5. The molecule has 5 aromatic rings. The quantitative estimate of drug-likeness (QED) is 0.0458. The number of halogens is 2. The number of thiazole rings is 1. The van der Waals surface area contributed by atoms with Gasteiger partial charge in [0.1, 0.15) is 30.2 Å². The van der Waals surface area contributed by atoms with Crippen LogP contribution in [0.1, 0.15) is 148 Å². The van der Waals surface area contributed by atoms with Crippen molar-refractivity contribution in [2.45, 2.75) is 143 Å². The summed E-state index contributed by atoms with van der Waals surface area (Å²) in [6, 6.07) is 16.5. The van der Waals surface area contributed by atoms with Gasteiger partial charge in [0.15, 0.2) is 0 Å². The largest absolute Gasteiger partial charge is 0.486 e. The van der Waals surface area contributed by atoms with Gasteiger partial charge in [-0.15, -0.1) is 11.3 Å². The van der Waals surface area contributed by atoms with E-state index in [1.54, 1.807) is 29.5 Å². The highest BCUT2D eigenvalue weighted by Crippen LogP contribution is 2.41. The fraction of sp³-hybridized carbons (Fsp3) is 0.466. The summed E-state index contributed by atoms with van der Waals surface area (Å²) < 4.78 is 12.4. The molecule has 6 atom stereocenters. The zero-order valence-electron chi connectivity index (χ0n) is 44.4. The molecule has 0 radical (unpaired) electrons. The van der Waals surface area contributed by atoms with E-state index in [1.165, 1.54) is 17.3 Å². The standard InChI is InChI=1S/C58H70Cl2N8O7S/c1-33-24-39(51(61)43-26-41(18-20-46(43)66-49-12-8-11-23-74-49)75-36(4)50-44(59)28-62-29-45(50)60)17-19-42(33)54(71)63-31-58(21-9-10-22-58)27-48(70)67-53(57(5,6)7)56(73)68-30-40(69)25-47(68)55(72)65-34(2)37-13-15-38(16-14-37)52-35(3)64-32-76-52/h13-20,24,26,28-29,32,34,36,40,47,49,53,61,66,69H,8-12,21-23,25,27,30-31H2,1-7H3,(H,63,71)(H,65,72)(H,67,70)/t34-,36+,40+,47-,49?,53+/m0/s1. The van der Waals surface area contributed by atoms with Gasteiger partial charge in [0.05, 0.1) is 44.0 Å². The molecule has 0 spiro atoms. The molecular formula is C58H70Cl2N8O7S. The van der Waals surface area contributed by atoms with Crippen molar-refractivity contribution in [3.05, 3.63) is 128 Å². The van der Waals surface area contributed by atoms with E-state index in [-0.39, 0.29) is 61.6 Å². The van der Waals surface area contributed by atoms with Crippen LogP contribution >= 0.6 is 34.5 Å². The number of carbonyl (C=O) groups is 4. The van der Waals surface area contributed by atoms with Crippen molar-refractivity contribution in [2.75, 3.05) is 25.0 Å². The molecule has 76 heavy (non-hydrogen) atoms. The number of aliphatic hydroxyl groups is 1. The van der Waals surface area contributed by atoms with Gasteiger partial charge in [-0.1, -0.05) is 87.1 Å². The normalized spacial score (nSPS) is 19.6. The van der Waals surface area contributed by atoms with Crippen LogP contribution in [-0.4, -0.2) is 93.4 Å². The molecule has 3 fully saturated rings. The van der Waals surface area contributed by atoms with Crippen molar-refractivity contribution >= 4 is 69.6 Å². The van der Waals surface area contributed by atoms with Crippen molar-refractivity contribution < 1.29 is 33.8 Å². The lowest BCUT2D eigenvalue weighted by Gasteiger charge is -2.36.